The van der Waals surface area contributed by atoms with Crippen LogP contribution in [0.5, 0.6) is 0 Å². The van der Waals surface area contributed by atoms with Crippen LogP contribution >= 0.6 is 0 Å². The van der Waals surface area contributed by atoms with Gasteiger partial charge in [-0.25, -0.2) is 0 Å². The summed E-state index contributed by atoms with van der Waals surface area (Å²) in [5, 5.41) is 5.02. The van der Waals surface area contributed by atoms with Gasteiger partial charge in [0, 0.05) is 0 Å². The normalized spacial score (nSPS) is 11.2. The van der Waals surface area contributed by atoms with Crippen LogP contribution in [0.3, 0.4) is 0 Å². The summed E-state index contributed by atoms with van der Waals surface area (Å²) >= 11 is 0. The van der Waals surface area contributed by atoms with Gasteiger partial charge < -0.3 is 0 Å². The van der Waals surface area contributed by atoms with Crippen LogP contribution in [0.15, 0.2) is 206 Å². The minimum absolute atomic E-state index is 1.20. The third kappa shape index (κ3) is 5.38. The molecule has 234 valence electrons. The molecule has 0 fully saturated rings. The Hall–Kier alpha value is -6.50. The van der Waals surface area contributed by atoms with E-state index < -0.39 is 0 Å². The van der Waals surface area contributed by atoms with Gasteiger partial charge >= 0.3 is 0 Å². The summed E-state index contributed by atoms with van der Waals surface area (Å²) in [4.78, 5) is 0. The van der Waals surface area contributed by atoms with Crippen molar-refractivity contribution in [3.05, 3.63) is 206 Å². The molecule has 0 radical (unpaired) electrons. The Kier molecular flexibility index (Phi) is 7.61. The first-order chi connectivity index (χ1) is 24.8. The fourth-order valence-corrected chi connectivity index (χ4v) is 7.50. The quantitative estimate of drug-likeness (QED) is 0.160. The first-order valence-corrected chi connectivity index (χ1v) is 17.3. The van der Waals surface area contributed by atoms with Gasteiger partial charge in [-0.1, -0.05) is 194 Å². The maximum Gasteiger partial charge on any atom is -0.00201 e. The van der Waals surface area contributed by atoms with Crippen LogP contribution in [-0.4, -0.2) is 0 Å². The first-order valence-electron chi connectivity index (χ1n) is 17.3. The number of fused-ring (bicyclic) bond motifs is 2. The zero-order chi connectivity index (χ0) is 33.3. The molecule has 0 aromatic heterocycles. The van der Waals surface area contributed by atoms with Crippen molar-refractivity contribution >= 4 is 21.5 Å². The molecule has 0 spiro atoms. The Bertz CT molecular complexity index is 2540. The topological polar surface area (TPSA) is 0 Å². The predicted molar refractivity (Wildman–Crippen MR) is 214 cm³/mol. The number of rotatable bonds is 6. The summed E-state index contributed by atoms with van der Waals surface area (Å²) in [6.45, 7) is 0. The Labute approximate surface area is 293 Å². The van der Waals surface area contributed by atoms with E-state index >= 15 is 0 Å². The molecule has 0 unspecified atom stereocenters. The van der Waals surface area contributed by atoms with Crippen LogP contribution in [0.25, 0.3) is 88.3 Å². The van der Waals surface area contributed by atoms with Crippen molar-refractivity contribution in [1.29, 1.82) is 0 Å². The fraction of sp³-hybridized carbons (Fsp3) is 0. The van der Waals surface area contributed by atoms with Gasteiger partial charge in [0.05, 0.1) is 0 Å². The molecule has 0 amide bonds. The van der Waals surface area contributed by atoms with Crippen molar-refractivity contribution in [2.45, 2.75) is 0 Å². The third-order valence-corrected chi connectivity index (χ3v) is 9.89. The SMILES string of the molecule is c1ccc(-c2ccc(-c3ccc(-c4c5ccccc5c(-c5cccc(-c6ccccc6)c5)c5ccccc45)c(-c4ccccc4)c3)cc2)cc1. The Morgan fingerprint density at radius 2 is 0.540 bits per heavy atom. The van der Waals surface area contributed by atoms with Gasteiger partial charge in [0.2, 0.25) is 0 Å². The van der Waals surface area contributed by atoms with Crippen molar-refractivity contribution in [2.75, 3.05) is 0 Å². The number of hydrogen-bond donors (Lipinski definition) is 0. The molecule has 50 heavy (non-hydrogen) atoms. The number of benzene rings is 9. The monoisotopic (exact) mass is 634 g/mol. The Morgan fingerprint density at radius 1 is 0.180 bits per heavy atom. The van der Waals surface area contributed by atoms with Crippen LogP contribution in [0.1, 0.15) is 0 Å². The Balaban J connectivity index is 1.26. The zero-order valence-corrected chi connectivity index (χ0v) is 27.6. The third-order valence-electron chi connectivity index (χ3n) is 9.89. The highest BCUT2D eigenvalue weighted by Crippen LogP contribution is 2.47. The van der Waals surface area contributed by atoms with E-state index in [-0.39, 0.29) is 0 Å². The lowest BCUT2D eigenvalue weighted by atomic mass is 9.82. The lowest BCUT2D eigenvalue weighted by Gasteiger charge is -2.20. The van der Waals surface area contributed by atoms with E-state index in [1.807, 2.05) is 0 Å². The van der Waals surface area contributed by atoms with Gasteiger partial charge in [-0.15, -0.1) is 0 Å². The molecule has 0 saturated heterocycles. The van der Waals surface area contributed by atoms with E-state index in [1.165, 1.54) is 88.3 Å². The molecule has 0 saturated carbocycles. The minimum Gasteiger partial charge on any atom is -0.0622 e. The lowest BCUT2D eigenvalue weighted by molar-refractivity contribution is 1.57. The molecule has 0 aliphatic rings. The van der Waals surface area contributed by atoms with Crippen LogP contribution in [-0.2, 0) is 0 Å². The van der Waals surface area contributed by atoms with E-state index in [0.29, 0.717) is 0 Å². The van der Waals surface area contributed by atoms with Crippen LogP contribution in [0.2, 0.25) is 0 Å². The molecule has 0 aliphatic heterocycles. The second-order valence-electron chi connectivity index (χ2n) is 12.9. The molecule has 0 N–H and O–H groups in total. The van der Waals surface area contributed by atoms with Crippen LogP contribution in [0.4, 0.5) is 0 Å². The van der Waals surface area contributed by atoms with Crippen molar-refractivity contribution in [1.82, 2.24) is 0 Å². The van der Waals surface area contributed by atoms with Gasteiger partial charge in [0.15, 0.2) is 0 Å². The highest BCUT2D eigenvalue weighted by molar-refractivity contribution is 6.22. The molecular formula is C50H34. The molecule has 0 bridgehead atoms. The maximum absolute atomic E-state index is 2.38. The summed E-state index contributed by atoms with van der Waals surface area (Å²) in [5.41, 5.74) is 14.7. The standard InChI is InChI=1S/C50H34/c1-4-15-35(16-5-1)37-27-29-38(30-28-37)41-31-32-47(48(34-41)39-19-8-3-9-20-39)50-45-25-12-10-23-43(45)49(44-24-11-13-26-46(44)50)42-22-14-21-40(33-42)36-17-6-2-7-18-36/h1-34H. The lowest BCUT2D eigenvalue weighted by Crippen LogP contribution is -1.93. The Morgan fingerprint density at radius 3 is 1.10 bits per heavy atom. The molecule has 0 atom stereocenters. The molecule has 0 heterocycles. The fourth-order valence-electron chi connectivity index (χ4n) is 7.50. The van der Waals surface area contributed by atoms with Crippen molar-refractivity contribution in [3.8, 4) is 66.8 Å². The van der Waals surface area contributed by atoms with Crippen molar-refractivity contribution < 1.29 is 0 Å². The van der Waals surface area contributed by atoms with Gasteiger partial charge in [0.25, 0.3) is 0 Å². The second-order valence-corrected chi connectivity index (χ2v) is 12.9. The maximum atomic E-state index is 2.38. The van der Waals surface area contributed by atoms with Crippen molar-refractivity contribution in [3.63, 3.8) is 0 Å². The largest absolute Gasteiger partial charge is 0.0622 e. The van der Waals surface area contributed by atoms with Crippen LogP contribution in [0, 0.1) is 0 Å². The number of hydrogen-bond acceptors (Lipinski definition) is 0. The second kappa shape index (κ2) is 12.8. The highest BCUT2D eigenvalue weighted by Gasteiger charge is 2.20. The highest BCUT2D eigenvalue weighted by atomic mass is 14.2. The smallest absolute Gasteiger partial charge is 0.00201 e. The van der Waals surface area contributed by atoms with Gasteiger partial charge in [-0.2, -0.15) is 0 Å². The van der Waals surface area contributed by atoms with E-state index in [1.54, 1.807) is 0 Å². The van der Waals surface area contributed by atoms with Gasteiger partial charge in [0.1, 0.15) is 0 Å². The molecule has 0 nitrogen and oxygen atoms in total. The van der Waals surface area contributed by atoms with E-state index in [2.05, 4.69) is 206 Å². The average molecular weight is 635 g/mol. The van der Waals surface area contributed by atoms with Gasteiger partial charge in [-0.05, 0) is 100 Å². The molecule has 0 heteroatoms. The molecule has 9 aromatic carbocycles. The summed E-state index contributed by atoms with van der Waals surface area (Å²) in [6.07, 6.45) is 0. The summed E-state index contributed by atoms with van der Waals surface area (Å²) < 4.78 is 0. The average Bonchev–Trinajstić information content (AvgIpc) is 3.21. The zero-order valence-electron chi connectivity index (χ0n) is 27.6. The molecular weight excluding hydrogens is 601 g/mol. The minimum atomic E-state index is 1.20. The molecule has 9 aromatic rings. The molecule has 9 rings (SSSR count). The first kappa shape index (κ1) is 29.6. The van der Waals surface area contributed by atoms with Gasteiger partial charge in [-0.3, -0.25) is 0 Å². The van der Waals surface area contributed by atoms with Crippen molar-refractivity contribution in [2.24, 2.45) is 0 Å². The van der Waals surface area contributed by atoms with E-state index in [4.69, 9.17) is 0 Å². The van der Waals surface area contributed by atoms with E-state index in [9.17, 15) is 0 Å². The van der Waals surface area contributed by atoms with E-state index in [0.717, 1.165) is 0 Å². The predicted octanol–water partition coefficient (Wildman–Crippen LogP) is 14.0. The summed E-state index contributed by atoms with van der Waals surface area (Å²) in [7, 11) is 0. The van der Waals surface area contributed by atoms with Crippen LogP contribution < -0.4 is 0 Å². The molecule has 0 aliphatic carbocycles. The summed E-state index contributed by atoms with van der Waals surface area (Å²) in [5.74, 6) is 0. The summed E-state index contributed by atoms with van der Waals surface area (Å²) in [6, 6.07) is 74.9.